The molecule has 0 saturated heterocycles. The van der Waals surface area contributed by atoms with Crippen molar-refractivity contribution in [3.05, 3.63) is 28.8 Å². The summed E-state index contributed by atoms with van der Waals surface area (Å²) in [6.07, 6.45) is 1.45. The van der Waals surface area contributed by atoms with Crippen LogP contribution in [0.1, 0.15) is 23.1 Å². The van der Waals surface area contributed by atoms with Crippen LogP contribution in [0.5, 0.6) is 0 Å². The molecular weight excluding hydrogens is 374 g/mol. The average molecular weight is 400 g/mol. The number of ether oxygens (including phenoxy) is 1. The number of hydrogen-bond donors (Lipinski definition) is 1. The number of alkyl halides is 2. The fraction of sp³-hybridized carbons (Fsp3) is 0.556. The van der Waals surface area contributed by atoms with Gasteiger partial charge in [0.25, 0.3) is 7.41 Å². The molecule has 0 aliphatic rings. The zero-order chi connectivity index (χ0) is 19.5. The Kier molecular flexibility index (Phi) is 10.7. The van der Waals surface area contributed by atoms with Gasteiger partial charge in [0, 0.05) is 36.6 Å². The second-order valence-corrected chi connectivity index (χ2v) is 6.78. The largest absolute Gasteiger partial charge is 0.469 e. The van der Waals surface area contributed by atoms with Crippen LogP contribution in [-0.4, -0.2) is 57.6 Å². The van der Waals surface area contributed by atoms with Gasteiger partial charge in [-0.2, -0.15) is 0 Å². The smallest absolute Gasteiger partial charge is 0.307 e. The molecule has 0 fully saturated rings. The van der Waals surface area contributed by atoms with Crippen molar-refractivity contribution in [1.29, 1.82) is 0 Å². The number of nitrogens with one attached hydrogen (secondary N) is 1. The Morgan fingerprint density at radius 1 is 1.31 bits per heavy atom. The lowest BCUT2D eigenvalue weighted by Crippen LogP contribution is -2.37. The molecule has 0 aliphatic carbocycles. The lowest BCUT2D eigenvalue weighted by Gasteiger charge is -2.28. The van der Waals surface area contributed by atoms with E-state index in [4.69, 9.17) is 27.9 Å². The van der Waals surface area contributed by atoms with Crippen LogP contribution in [0.15, 0.2) is 12.1 Å². The zero-order valence-corrected chi connectivity index (χ0v) is 17.1. The Morgan fingerprint density at radius 3 is 2.50 bits per heavy atom. The van der Waals surface area contributed by atoms with Gasteiger partial charge in [-0.05, 0) is 43.0 Å². The van der Waals surface area contributed by atoms with E-state index in [1.165, 1.54) is 14.5 Å². The second kappa shape index (κ2) is 12.2. The predicted octanol–water partition coefficient (Wildman–Crippen LogP) is 2.46. The minimum Gasteiger partial charge on any atom is -0.469 e. The number of anilines is 1. The molecule has 0 aromatic heterocycles. The predicted molar refractivity (Wildman–Crippen MR) is 109 cm³/mol. The topological polar surface area (TPSA) is 58.6 Å². The number of aryl methyl sites for hydroxylation is 1. The van der Waals surface area contributed by atoms with Gasteiger partial charge in [0.2, 0.25) is 0 Å². The maximum atomic E-state index is 11.7. The Labute approximate surface area is 166 Å². The zero-order valence-electron chi connectivity index (χ0n) is 15.6. The number of methoxy groups -OCH3 is 1. The SMILES string of the molecule is COC(=O)C[C@H](Cc1c(C)ccc(N(CCCl)CCCl)c1C)N[B]C=O. The number of carbonyl (C=O) groups is 2. The first-order valence-corrected chi connectivity index (χ1v) is 9.61. The van der Waals surface area contributed by atoms with Crippen LogP contribution in [0.25, 0.3) is 0 Å². The molecule has 0 saturated carbocycles. The second-order valence-electron chi connectivity index (χ2n) is 6.02. The maximum absolute atomic E-state index is 11.7. The van der Waals surface area contributed by atoms with Crippen molar-refractivity contribution in [2.75, 3.05) is 36.9 Å². The first-order valence-electron chi connectivity index (χ1n) is 8.54. The van der Waals surface area contributed by atoms with Gasteiger partial charge in [-0.15, -0.1) is 23.2 Å². The van der Waals surface area contributed by atoms with Crippen LogP contribution in [0.2, 0.25) is 0 Å². The number of benzene rings is 1. The number of carbonyl (C=O) groups excluding carboxylic acids is 2. The van der Waals surface area contributed by atoms with Gasteiger partial charge in [-0.1, -0.05) is 6.07 Å². The molecule has 0 amide bonds. The van der Waals surface area contributed by atoms with Crippen LogP contribution in [0.3, 0.4) is 0 Å². The highest BCUT2D eigenvalue weighted by Gasteiger charge is 2.19. The lowest BCUT2D eigenvalue weighted by molar-refractivity contribution is -0.141. The summed E-state index contributed by atoms with van der Waals surface area (Å²) in [4.78, 5) is 24.5. The molecule has 1 aromatic rings. The van der Waals surface area contributed by atoms with Gasteiger partial charge >= 0.3 is 5.97 Å². The Bertz CT molecular complexity index is 596. The molecule has 1 radical (unpaired) electrons. The summed E-state index contributed by atoms with van der Waals surface area (Å²) < 4.78 is 4.77. The number of esters is 1. The van der Waals surface area contributed by atoms with Crippen LogP contribution in [0.4, 0.5) is 5.69 Å². The normalized spacial score (nSPS) is 11.7. The molecule has 0 spiro atoms. The van der Waals surface area contributed by atoms with Crippen molar-refractivity contribution < 1.29 is 14.3 Å². The molecule has 1 N–H and O–H groups in total. The third-order valence-corrected chi connectivity index (χ3v) is 4.68. The summed E-state index contributed by atoms with van der Waals surface area (Å²) in [7, 11) is 2.67. The Balaban J connectivity index is 3.13. The third kappa shape index (κ3) is 6.82. The minimum atomic E-state index is -0.320. The number of halogens is 2. The summed E-state index contributed by atoms with van der Waals surface area (Å²) >= 11 is 11.9. The van der Waals surface area contributed by atoms with Crippen LogP contribution in [0, 0.1) is 13.8 Å². The molecule has 0 heterocycles. The van der Waals surface area contributed by atoms with Crippen molar-refractivity contribution in [3.8, 4) is 0 Å². The van der Waals surface area contributed by atoms with E-state index in [9.17, 15) is 9.59 Å². The first-order chi connectivity index (χ1) is 12.5. The quantitative estimate of drug-likeness (QED) is 0.253. The van der Waals surface area contributed by atoms with Crippen molar-refractivity contribution >= 4 is 48.5 Å². The maximum Gasteiger partial charge on any atom is 0.307 e. The van der Waals surface area contributed by atoms with Crippen molar-refractivity contribution in [1.82, 2.24) is 5.23 Å². The molecule has 5 nitrogen and oxygen atoms in total. The van der Waals surface area contributed by atoms with Gasteiger partial charge in [-0.25, -0.2) is 0 Å². The summed E-state index contributed by atoms with van der Waals surface area (Å²) in [6.45, 7) is 5.52. The van der Waals surface area contributed by atoms with Gasteiger partial charge in [-0.3, -0.25) is 4.79 Å². The third-order valence-electron chi connectivity index (χ3n) is 4.34. The van der Waals surface area contributed by atoms with Crippen molar-refractivity contribution in [2.24, 2.45) is 0 Å². The first kappa shape index (κ1) is 22.8. The average Bonchev–Trinajstić information content (AvgIpc) is 2.62. The van der Waals surface area contributed by atoms with E-state index < -0.39 is 0 Å². The minimum absolute atomic E-state index is 0.178. The van der Waals surface area contributed by atoms with E-state index in [0.29, 0.717) is 37.5 Å². The summed E-state index contributed by atoms with van der Waals surface area (Å²) in [6, 6.07) is 3.91. The summed E-state index contributed by atoms with van der Waals surface area (Å²) in [5.74, 6) is 0.708. The Morgan fingerprint density at radius 2 is 1.96 bits per heavy atom. The Hall–Kier alpha value is -1.24. The number of nitrogens with zero attached hydrogens (tertiary/aromatic N) is 1. The molecule has 1 atom stereocenters. The van der Waals surface area contributed by atoms with Gasteiger partial charge in [0.1, 0.15) is 0 Å². The van der Waals surface area contributed by atoms with Crippen LogP contribution >= 0.6 is 23.2 Å². The molecule has 0 unspecified atom stereocenters. The number of hydrogen-bond acceptors (Lipinski definition) is 5. The van der Waals surface area contributed by atoms with Gasteiger partial charge in [0.05, 0.1) is 19.7 Å². The van der Waals surface area contributed by atoms with E-state index in [1.54, 1.807) is 0 Å². The van der Waals surface area contributed by atoms with E-state index in [0.717, 1.165) is 22.4 Å². The molecule has 1 rings (SSSR count). The monoisotopic (exact) mass is 399 g/mol. The highest BCUT2D eigenvalue weighted by molar-refractivity contribution is 6.64. The molecule has 8 heteroatoms. The fourth-order valence-electron chi connectivity index (χ4n) is 2.99. The molecule has 0 aliphatic heterocycles. The number of rotatable bonds is 12. The van der Waals surface area contributed by atoms with E-state index in [2.05, 4.69) is 29.2 Å². The van der Waals surface area contributed by atoms with E-state index in [-0.39, 0.29) is 18.4 Å². The standard InChI is InChI=1S/C18H26BCl2N2O3/c1-13-4-5-17(23(8-6-20)9-7-21)14(2)16(13)10-15(22-19-12-24)11-18(25)26-3/h4-5,12,15,22H,6-11H2,1-3H3/t15-/m0/s1. The summed E-state index contributed by atoms with van der Waals surface area (Å²) in [5.41, 5.74) is 4.48. The highest BCUT2D eigenvalue weighted by Crippen LogP contribution is 2.27. The molecule has 0 bridgehead atoms. The molecule has 143 valence electrons. The van der Waals surface area contributed by atoms with Gasteiger partial charge in [0.15, 0.2) is 0 Å². The molecular formula is C18H26BCl2N2O3. The lowest BCUT2D eigenvalue weighted by atomic mass is 9.89. The van der Waals surface area contributed by atoms with Crippen LogP contribution in [-0.2, 0) is 20.7 Å². The van der Waals surface area contributed by atoms with E-state index >= 15 is 0 Å². The summed E-state index contributed by atoms with van der Waals surface area (Å²) in [5, 5.41) is 2.99. The molecule has 26 heavy (non-hydrogen) atoms. The van der Waals surface area contributed by atoms with Crippen LogP contribution < -0.4 is 10.1 Å². The van der Waals surface area contributed by atoms with Crippen molar-refractivity contribution in [2.45, 2.75) is 32.7 Å². The highest BCUT2D eigenvalue weighted by atomic mass is 35.5. The molecule has 1 aromatic carbocycles. The van der Waals surface area contributed by atoms with Crippen molar-refractivity contribution in [3.63, 3.8) is 0 Å². The van der Waals surface area contributed by atoms with Gasteiger partial charge < -0.3 is 19.7 Å². The fourth-order valence-corrected chi connectivity index (χ4v) is 3.40. The van der Waals surface area contributed by atoms with E-state index in [1.807, 2.05) is 6.92 Å².